The zero-order valence-corrected chi connectivity index (χ0v) is 21.8. The largest absolute Gasteiger partial charge is 0.497 e. The highest BCUT2D eigenvalue weighted by Crippen LogP contribution is 2.52. The summed E-state index contributed by atoms with van der Waals surface area (Å²) in [6.45, 7) is 2.24. The van der Waals surface area contributed by atoms with Gasteiger partial charge in [0.15, 0.2) is 0 Å². The van der Waals surface area contributed by atoms with Crippen LogP contribution in [0.3, 0.4) is 0 Å². The van der Waals surface area contributed by atoms with Gasteiger partial charge in [-0.15, -0.1) is 11.8 Å². The van der Waals surface area contributed by atoms with Crippen molar-refractivity contribution in [3.05, 3.63) is 88.6 Å². The summed E-state index contributed by atoms with van der Waals surface area (Å²) >= 11 is 1.63. The molecule has 0 radical (unpaired) electrons. The van der Waals surface area contributed by atoms with Crippen molar-refractivity contribution in [1.82, 2.24) is 10.2 Å². The third-order valence-corrected chi connectivity index (χ3v) is 8.45. The van der Waals surface area contributed by atoms with Gasteiger partial charge in [-0.1, -0.05) is 67.5 Å². The number of amides is 2. The predicted molar refractivity (Wildman–Crippen MR) is 142 cm³/mol. The molecule has 0 bridgehead atoms. The standard InChI is InChI=1S/C29H30N2O5S/c1-3-4-10-20-16-22-25(29(34)36-17-19-11-13-21(35-2)14-12-19)31-27(33)24(28(31)37-26(20)22)30-23(32)15-18-8-6-5-7-9-18/h5-9,11-14,16,24,26,28H,3-4,10,15,17H2,1-2H3,(H,30,32)/t24-,26+,28-/m1/s1. The number of fused-ring (bicyclic) bond motifs is 2. The maximum atomic E-state index is 13.3. The summed E-state index contributed by atoms with van der Waals surface area (Å²) in [5.74, 6) is -0.287. The lowest BCUT2D eigenvalue weighted by Gasteiger charge is -2.53. The van der Waals surface area contributed by atoms with Crippen LogP contribution in [0.15, 0.2) is 77.5 Å². The maximum Gasteiger partial charge on any atom is 0.355 e. The Morgan fingerprint density at radius 2 is 1.81 bits per heavy atom. The fourth-order valence-corrected chi connectivity index (χ4v) is 6.44. The first-order valence-electron chi connectivity index (χ1n) is 12.6. The number of ether oxygens (including phenoxy) is 2. The Kier molecular flexibility index (Phi) is 7.37. The van der Waals surface area contributed by atoms with Crippen LogP contribution >= 0.6 is 11.8 Å². The number of carbonyl (C=O) groups is 3. The fraction of sp³-hybridized carbons (Fsp3) is 0.345. The number of thioether (sulfide) groups is 1. The summed E-state index contributed by atoms with van der Waals surface area (Å²) in [6.07, 6.45) is 5.33. The normalized spacial score (nSPS) is 21.7. The Hall–Kier alpha value is -3.52. The summed E-state index contributed by atoms with van der Waals surface area (Å²) in [7, 11) is 1.60. The fourth-order valence-electron chi connectivity index (χ4n) is 4.81. The van der Waals surface area contributed by atoms with Gasteiger partial charge >= 0.3 is 5.97 Å². The second-order valence-corrected chi connectivity index (χ2v) is 10.6. The van der Waals surface area contributed by atoms with Crippen molar-refractivity contribution < 1.29 is 23.9 Å². The van der Waals surface area contributed by atoms with Crippen molar-refractivity contribution in [3.8, 4) is 5.75 Å². The van der Waals surface area contributed by atoms with Crippen LogP contribution in [0.2, 0.25) is 0 Å². The molecule has 0 saturated carbocycles. The van der Waals surface area contributed by atoms with E-state index in [1.54, 1.807) is 18.9 Å². The molecule has 7 nitrogen and oxygen atoms in total. The van der Waals surface area contributed by atoms with Gasteiger partial charge in [0.2, 0.25) is 5.91 Å². The number of nitrogens with one attached hydrogen (secondary N) is 1. The van der Waals surface area contributed by atoms with Gasteiger partial charge in [-0.3, -0.25) is 14.5 Å². The zero-order valence-electron chi connectivity index (χ0n) is 20.9. The van der Waals surface area contributed by atoms with E-state index in [4.69, 9.17) is 9.47 Å². The van der Waals surface area contributed by atoms with Crippen LogP contribution < -0.4 is 10.1 Å². The number of benzene rings is 2. The second-order valence-electron chi connectivity index (χ2n) is 9.37. The molecule has 2 aromatic carbocycles. The van der Waals surface area contributed by atoms with Gasteiger partial charge in [0.05, 0.1) is 18.8 Å². The first-order chi connectivity index (χ1) is 18.0. The Bertz CT molecular complexity index is 1250. The molecule has 8 heteroatoms. The molecule has 3 aliphatic rings. The van der Waals surface area contributed by atoms with Gasteiger partial charge in [-0.05, 0) is 36.1 Å². The molecule has 1 aliphatic carbocycles. The number of unbranched alkanes of at least 4 members (excludes halogenated alkanes) is 1. The van der Waals surface area contributed by atoms with E-state index >= 15 is 0 Å². The third kappa shape index (κ3) is 5.03. The van der Waals surface area contributed by atoms with Crippen molar-refractivity contribution >= 4 is 29.5 Å². The SMILES string of the molecule is CCCCC1=CC2=C(C(=O)OCc3ccc(OC)cc3)N3C(=O)[C@@H](NC(=O)Cc4ccccc4)[C@H]3S[C@@H]12. The number of methoxy groups -OCH3 is 1. The lowest BCUT2D eigenvalue weighted by atomic mass is 9.85. The van der Waals surface area contributed by atoms with E-state index in [9.17, 15) is 14.4 Å². The lowest BCUT2D eigenvalue weighted by molar-refractivity contribution is -0.153. The molecule has 1 saturated heterocycles. The summed E-state index contributed by atoms with van der Waals surface area (Å²) in [5, 5.41) is 2.60. The zero-order chi connectivity index (χ0) is 25.9. The number of β-lactam (4-membered cyclic amide) rings is 1. The Labute approximate surface area is 220 Å². The molecule has 1 fully saturated rings. The van der Waals surface area contributed by atoms with E-state index < -0.39 is 12.0 Å². The van der Waals surface area contributed by atoms with Crippen LogP contribution in [0.25, 0.3) is 0 Å². The molecule has 2 aliphatic heterocycles. The van der Waals surface area contributed by atoms with Crippen molar-refractivity contribution in [2.45, 2.75) is 55.9 Å². The van der Waals surface area contributed by atoms with Gasteiger partial charge in [0, 0.05) is 5.57 Å². The van der Waals surface area contributed by atoms with Crippen molar-refractivity contribution in [2.24, 2.45) is 0 Å². The van der Waals surface area contributed by atoms with Gasteiger partial charge in [-0.25, -0.2) is 4.79 Å². The van der Waals surface area contributed by atoms with Crippen LogP contribution in [-0.4, -0.2) is 46.5 Å². The highest BCUT2D eigenvalue weighted by Gasteiger charge is 2.58. The van der Waals surface area contributed by atoms with Crippen molar-refractivity contribution in [1.29, 1.82) is 0 Å². The molecule has 5 rings (SSSR count). The number of hydrogen-bond acceptors (Lipinski definition) is 6. The summed E-state index contributed by atoms with van der Waals surface area (Å²) in [6, 6.07) is 16.1. The number of allylic oxidation sites excluding steroid dienone is 1. The quantitative estimate of drug-likeness (QED) is 0.376. The minimum atomic E-state index is -0.667. The summed E-state index contributed by atoms with van der Waals surface area (Å²) < 4.78 is 10.8. The third-order valence-electron chi connectivity index (χ3n) is 6.86. The van der Waals surface area contributed by atoms with Gasteiger partial charge in [-0.2, -0.15) is 0 Å². The number of esters is 1. The number of hydrogen-bond donors (Lipinski definition) is 1. The minimum absolute atomic E-state index is 0.0398. The van der Waals surface area contributed by atoms with Crippen LogP contribution in [0.1, 0.15) is 37.3 Å². The molecule has 3 atom stereocenters. The Balaban J connectivity index is 1.31. The van der Waals surface area contributed by atoms with E-state index in [2.05, 4.69) is 12.2 Å². The van der Waals surface area contributed by atoms with Crippen molar-refractivity contribution in [2.75, 3.05) is 7.11 Å². The number of rotatable bonds is 10. The molecular weight excluding hydrogens is 488 g/mol. The minimum Gasteiger partial charge on any atom is -0.497 e. The van der Waals surface area contributed by atoms with Crippen LogP contribution in [0.4, 0.5) is 0 Å². The van der Waals surface area contributed by atoms with E-state index in [0.29, 0.717) is 5.70 Å². The molecule has 0 aromatic heterocycles. The Morgan fingerprint density at radius 1 is 1.05 bits per heavy atom. The summed E-state index contributed by atoms with van der Waals surface area (Å²) in [5.41, 5.74) is 4.13. The molecule has 2 heterocycles. The first kappa shape index (κ1) is 25.1. The van der Waals surface area contributed by atoms with Crippen LogP contribution in [-0.2, 0) is 32.1 Å². The van der Waals surface area contributed by atoms with Crippen molar-refractivity contribution in [3.63, 3.8) is 0 Å². The topological polar surface area (TPSA) is 84.9 Å². The molecule has 1 N–H and O–H groups in total. The van der Waals surface area contributed by atoms with E-state index in [1.807, 2.05) is 60.7 Å². The van der Waals surface area contributed by atoms with E-state index in [1.165, 1.54) is 10.5 Å². The first-order valence-corrected chi connectivity index (χ1v) is 13.5. The molecule has 0 spiro atoms. The lowest BCUT2D eigenvalue weighted by Crippen LogP contribution is -2.71. The van der Waals surface area contributed by atoms with E-state index in [-0.39, 0.29) is 35.5 Å². The molecule has 2 aromatic rings. The molecule has 192 valence electrons. The average molecular weight is 519 g/mol. The smallest absolute Gasteiger partial charge is 0.355 e. The molecule has 37 heavy (non-hydrogen) atoms. The van der Waals surface area contributed by atoms with Gasteiger partial charge in [0.1, 0.15) is 29.5 Å². The van der Waals surface area contributed by atoms with Crippen LogP contribution in [0.5, 0.6) is 5.75 Å². The second kappa shape index (κ2) is 10.8. The highest BCUT2D eigenvalue weighted by molar-refractivity contribution is 8.01. The van der Waals surface area contributed by atoms with Gasteiger partial charge in [0.25, 0.3) is 5.91 Å². The molecule has 2 amide bonds. The van der Waals surface area contributed by atoms with Gasteiger partial charge < -0.3 is 14.8 Å². The monoisotopic (exact) mass is 518 g/mol. The van der Waals surface area contributed by atoms with Crippen LogP contribution in [0, 0.1) is 0 Å². The predicted octanol–water partition coefficient (Wildman–Crippen LogP) is 4.13. The molecular formula is C29H30N2O5S. The summed E-state index contributed by atoms with van der Waals surface area (Å²) in [4.78, 5) is 40.7. The number of carbonyl (C=O) groups excluding carboxylic acids is 3. The Morgan fingerprint density at radius 3 is 2.51 bits per heavy atom. The molecule has 0 unspecified atom stereocenters. The van der Waals surface area contributed by atoms with E-state index in [0.717, 1.165) is 41.7 Å². The number of nitrogens with zero attached hydrogens (tertiary/aromatic N) is 1. The average Bonchev–Trinajstić information content (AvgIpc) is 2.91. The maximum absolute atomic E-state index is 13.3. The highest BCUT2D eigenvalue weighted by atomic mass is 32.2.